The molecule has 0 amide bonds. The normalized spacial score (nSPS) is 10.9. The molecule has 8 nitrogen and oxygen atoms in total. The van der Waals surface area contributed by atoms with Crippen molar-refractivity contribution in [3.8, 4) is 17.4 Å². The maximum Gasteiger partial charge on any atom is 0.347 e. The molecule has 0 radical (unpaired) electrons. The largest absolute Gasteiger partial charge is 0.497 e. The number of carbonyl (C=O) groups is 2. The topological polar surface area (TPSA) is 98.2 Å². The molecule has 0 aliphatic carbocycles. The fraction of sp³-hybridized carbons (Fsp3) is 0.269. The van der Waals surface area contributed by atoms with Crippen molar-refractivity contribution in [3.63, 3.8) is 0 Å². The molecule has 0 atom stereocenters. The summed E-state index contributed by atoms with van der Waals surface area (Å²) in [5.41, 5.74) is 0.0696. The van der Waals surface area contributed by atoms with E-state index in [1.54, 1.807) is 18.2 Å². The molecule has 0 fully saturated rings. The highest BCUT2D eigenvalue weighted by Gasteiger charge is 2.31. The van der Waals surface area contributed by atoms with Crippen LogP contribution < -0.4 is 19.1 Å². The van der Waals surface area contributed by atoms with Crippen LogP contribution in [0.15, 0.2) is 66.9 Å². The number of likely N-dealkylation sites (N-methyl/N-ethyl adjacent to an activating group) is 1. The van der Waals surface area contributed by atoms with E-state index in [-0.39, 0.29) is 17.1 Å². The second kappa shape index (κ2) is 10.7. The molecule has 1 heterocycles. The van der Waals surface area contributed by atoms with Crippen LogP contribution in [0.2, 0.25) is 0 Å². The Morgan fingerprint density at radius 2 is 1.79 bits per heavy atom. The number of pyridine rings is 1. The fourth-order valence-electron chi connectivity index (χ4n) is 3.07. The highest BCUT2D eigenvalue weighted by molar-refractivity contribution is 6.10. The summed E-state index contributed by atoms with van der Waals surface area (Å²) in [4.78, 5) is 31.0. The summed E-state index contributed by atoms with van der Waals surface area (Å²) in [5.74, 6) is -0.566. The van der Waals surface area contributed by atoms with Crippen molar-refractivity contribution in [2.75, 3.05) is 32.2 Å². The third kappa shape index (κ3) is 6.04. The number of methoxy groups -OCH3 is 1. The van der Waals surface area contributed by atoms with E-state index in [1.165, 1.54) is 39.3 Å². The number of ether oxygens (including phenoxy) is 3. The van der Waals surface area contributed by atoms with E-state index in [0.717, 1.165) is 5.69 Å². The number of hydrogen-bond acceptors (Lipinski definition) is 7. The van der Waals surface area contributed by atoms with Crippen LogP contribution in [0.4, 0.5) is 5.69 Å². The van der Waals surface area contributed by atoms with Gasteiger partial charge >= 0.3 is 5.97 Å². The Morgan fingerprint density at radius 1 is 1.06 bits per heavy atom. The number of anilines is 1. The minimum absolute atomic E-state index is 0.112. The van der Waals surface area contributed by atoms with Gasteiger partial charge in [-0.05, 0) is 44.2 Å². The molecule has 1 aromatic heterocycles. The Bertz CT molecular complexity index is 1130. The average Bonchev–Trinajstić information content (AvgIpc) is 2.84. The van der Waals surface area contributed by atoms with Gasteiger partial charge in [0.2, 0.25) is 5.88 Å². The molecule has 3 rings (SSSR count). The van der Waals surface area contributed by atoms with E-state index in [0.29, 0.717) is 30.3 Å². The molecule has 0 unspecified atom stereocenters. The highest BCUT2D eigenvalue weighted by atomic mass is 16.5. The van der Waals surface area contributed by atoms with Gasteiger partial charge in [0.1, 0.15) is 18.1 Å². The number of benzene rings is 2. The third-order valence-corrected chi connectivity index (χ3v) is 5.19. The molecule has 178 valence electrons. The molecule has 0 bridgehead atoms. The molecular weight excluding hydrogens is 436 g/mol. The van der Waals surface area contributed by atoms with Gasteiger partial charge < -0.3 is 24.2 Å². The van der Waals surface area contributed by atoms with Crippen molar-refractivity contribution < 1.29 is 28.9 Å². The Kier molecular flexibility index (Phi) is 7.73. The van der Waals surface area contributed by atoms with Crippen molar-refractivity contribution >= 4 is 17.4 Å². The predicted molar refractivity (Wildman–Crippen MR) is 128 cm³/mol. The zero-order valence-electron chi connectivity index (χ0n) is 19.6. The van der Waals surface area contributed by atoms with E-state index in [4.69, 9.17) is 14.2 Å². The Hall–Kier alpha value is -4.07. The monoisotopic (exact) mass is 464 g/mol. The summed E-state index contributed by atoms with van der Waals surface area (Å²) in [6, 6.07) is 17.8. The van der Waals surface area contributed by atoms with Crippen LogP contribution >= 0.6 is 0 Å². The number of para-hydroxylation sites is 1. The predicted octanol–water partition coefficient (Wildman–Crippen LogP) is 4.08. The van der Waals surface area contributed by atoms with Gasteiger partial charge in [-0.15, -0.1) is 0 Å². The first-order valence-electron chi connectivity index (χ1n) is 10.7. The Balaban J connectivity index is 1.70. The Morgan fingerprint density at radius 3 is 2.41 bits per heavy atom. The average molecular weight is 465 g/mol. The maximum atomic E-state index is 13.1. The maximum absolute atomic E-state index is 13.1. The lowest BCUT2D eigenvalue weighted by atomic mass is 10.0. The van der Waals surface area contributed by atoms with Crippen LogP contribution in [0.1, 0.15) is 29.8 Å². The molecule has 0 aliphatic heterocycles. The van der Waals surface area contributed by atoms with Crippen LogP contribution in [-0.2, 0) is 4.79 Å². The van der Waals surface area contributed by atoms with Crippen LogP contribution in [-0.4, -0.2) is 54.8 Å². The van der Waals surface area contributed by atoms with Gasteiger partial charge in [0, 0.05) is 36.6 Å². The van der Waals surface area contributed by atoms with Crippen molar-refractivity contribution in [2.45, 2.75) is 19.4 Å². The summed E-state index contributed by atoms with van der Waals surface area (Å²) >= 11 is 0. The van der Waals surface area contributed by atoms with Crippen molar-refractivity contribution in [2.24, 2.45) is 0 Å². The zero-order chi connectivity index (χ0) is 24.7. The van der Waals surface area contributed by atoms with E-state index in [2.05, 4.69) is 9.88 Å². The summed E-state index contributed by atoms with van der Waals surface area (Å²) in [6.45, 7) is 3.91. The minimum atomic E-state index is -1.54. The number of carboxylic acids is 1. The smallest absolute Gasteiger partial charge is 0.347 e. The standard InChI is InChI=1S/C26H28N2O6/c1-26(2,25(30)31)34-22-16-20(32-4)11-12-21(22)24(29)18-10-13-23(27-17-18)33-15-14-28(3)19-8-6-5-7-9-19/h5-13,16-17H,14-15H2,1-4H3,(H,30,31). The molecule has 0 spiro atoms. The van der Waals surface area contributed by atoms with E-state index >= 15 is 0 Å². The molecule has 0 aliphatic rings. The zero-order valence-corrected chi connectivity index (χ0v) is 19.6. The van der Waals surface area contributed by atoms with Gasteiger partial charge in [0.25, 0.3) is 0 Å². The number of aliphatic carboxylic acids is 1. The van der Waals surface area contributed by atoms with E-state index in [9.17, 15) is 14.7 Å². The number of aromatic nitrogens is 1. The summed E-state index contributed by atoms with van der Waals surface area (Å²) < 4.78 is 16.6. The Labute approximate surface area is 198 Å². The second-order valence-electron chi connectivity index (χ2n) is 8.10. The number of carbonyl (C=O) groups excluding carboxylic acids is 1. The lowest BCUT2D eigenvalue weighted by Gasteiger charge is -2.23. The SMILES string of the molecule is COc1ccc(C(=O)c2ccc(OCCN(C)c3ccccc3)nc2)c(OC(C)(C)C(=O)O)c1. The van der Waals surface area contributed by atoms with Gasteiger partial charge in [-0.2, -0.15) is 0 Å². The lowest BCUT2D eigenvalue weighted by Crippen LogP contribution is -2.38. The molecule has 0 saturated carbocycles. The first-order chi connectivity index (χ1) is 16.2. The number of rotatable bonds is 11. The van der Waals surface area contributed by atoms with Crippen molar-refractivity contribution in [3.05, 3.63) is 78.0 Å². The molecule has 1 N–H and O–H groups in total. The van der Waals surface area contributed by atoms with Crippen LogP contribution in [0.3, 0.4) is 0 Å². The first-order valence-corrected chi connectivity index (χ1v) is 10.7. The summed E-state index contributed by atoms with van der Waals surface area (Å²) in [5, 5.41) is 9.41. The van der Waals surface area contributed by atoms with Crippen LogP contribution in [0.5, 0.6) is 17.4 Å². The molecular formula is C26H28N2O6. The first kappa shape index (κ1) is 24.6. The van der Waals surface area contributed by atoms with Gasteiger partial charge in [0.05, 0.1) is 19.2 Å². The summed E-state index contributed by atoms with van der Waals surface area (Å²) in [7, 11) is 3.46. The number of carboxylic acid groups (broad SMARTS) is 1. The second-order valence-corrected chi connectivity index (χ2v) is 8.10. The van der Waals surface area contributed by atoms with Gasteiger partial charge in [-0.25, -0.2) is 9.78 Å². The van der Waals surface area contributed by atoms with Crippen LogP contribution in [0, 0.1) is 0 Å². The summed E-state index contributed by atoms with van der Waals surface area (Å²) in [6.07, 6.45) is 1.43. The number of hydrogen-bond donors (Lipinski definition) is 1. The highest BCUT2D eigenvalue weighted by Crippen LogP contribution is 2.30. The number of ketones is 1. The quantitative estimate of drug-likeness (QED) is 0.424. The van der Waals surface area contributed by atoms with Gasteiger partial charge in [0.15, 0.2) is 11.4 Å². The molecule has 8 heteroatoms. The molecule has 2 aromatic carbocycles. The molecule has 0 saturated heterocycles. The van der Waals surface area contributed by atoms with Gasteiger partial charge in [-0.3, -0.25) is 4.79 Å². The lowest BCUT2D eigenvalue weighted by molar-refractivity contribution is -0.152. The number of nitrogens with zero attached hydrogens (tertiary/aromatic N) is 2. The fourth-order valence-corrected chi connectivity index (χ4v) is 3.07. The van der Waals surface area contributed by atoms with E-state index < -0.39 is 11.6 Å². The molecule has 34 heavy (non-hydrogen) atoms. The van der Waals surface area contributed by atoms with Gasteiger partial charge in [-0.1, -0.05) is 18.2 Å². The minimum Gasteiger partial charge on any atom is -0.497 e. The van der Waals surface area contributed by atoms with Crippen molar-refractivity contribution in [1.82, 2.24) is 4.98 Å². The molecule has 3 aromatic rings. The van der Waals surface area contributed by atoms with E-state index in [1.807, 2.05) is 37.4 Å². The third-order valence-electron chi connectivity index (χ3n) is 5.19. The van der Waals surface area contributed by atoms with Crippen LogP contribution in [0.25, 0.3) is 0 Å². The van der Waals surface area contributed by atoms with Crippen molar-refractivity contribution in [1.29, 1.82) is 0 Å².